The molecule has 0 spiro atoms. The summed E-state index contributed by atoms with van der Waals surface area (Å²) in [5.74, 6) is -0.878. The first kappa shape index (κ1) is 11.3. The van der Waals surface area contributed by atoms with Gasteiger partial charge in [-0.25, -0.2) is 13.8 Å². The number of nitrogens with two attached hydrogens (primary N) is 1. The Labute approximate surface area is 92.8 Å². The maximum absolute atomic E-state index is 12.5. The molecule has 0 aliphatic rings. The SMILES string of the molecule is Cc1cc(C(F)F)c(C(N)=O)c(I)n1. The average Bonchev–Trinajstić information content (AvgIpc) is 2.01. The molecule has 0 unspecified atom stereocenters. The normalized spacial score (nSPS) is 10.6. The number of pyridine rings is 1. The zero-order valence-corrected chi connectivity index (χ0v) is 9.38. The molecule has 2 N–H and O–H groups in total. The Morgan fingerprint density at radius 1 is 1.64 bits per heavy atom. The molecule has 0 saturated heterocycles. The summed E-state index contributed by atoms with van der Waals surface area (Å²) in [7, 11) is 0. The number of carbonyl (C=O) groups is 1. The molecule has 1 aromatic heterocycles. The highest BCUT2D eigenvalue weighted by Gasteiger charge is 2.20. The van der Waals surface area contributed by atoms with Crippen molar-refractivity contribution in [2.75, 3.05) is 0 Å². The van der Waals surface area contributed by atoms with Crippen LogP contribution in [0.15, 0.2) is 6.07 Å². The van der Waals surface area contributed by atoms with Crippen molar-refractivity contribution in [2.45, 2.75) is 13.3 Å². The highest BCUT2D eigenvalue weighted by molar-refractivity contribution is 14.1. The van der Waals surface area contributed by atoms with E-state index in [1.807, 2.05) is 0 Å². The van der Waals surface area contributed by atoms with Crippen molar-refractivity contribution >= 4 is 28.5 Å². The summed E-state index contributed by atoms with van der Waals surface area (Å²) in [6.07, 6.45) is -2.72. The molecule has 0 aliphatic heterocycles. The number of hydrogen-bond acceptors (Lipinski definition) is 2. The fraction of sp³-hybridized carbons (Fsp3) is 0.250. The third-order valence-electron chi connectivity index (χ3n) is 1.62. The third-order valence-corrected chi connectivity index (χ3v) is 2.40. The van der Waals surface area contributed by atoms with Crippen LogP contribution in [0.3, 0.4) is 0 Å². The van der Waals surface area contributed by atoms with Gasteiger partial charge in [0.15, 0.2) is 0 Å². The molecule has 0 radical (unpaired) electrons. The number of rotatable bonds is 2. The molecular formula is C8H7F2IN2O. The Hall–Kier alpha value is -0.790. The van der Waals surface area contributed by atoms with Gasteiger partial charge in [0.2, 0.25) is 0 Å². The molecule has 76 valence electrons. The summed E-state index contributed by atoms with van der Waals surface area (Å²) >= 11 is 1.71. The van der Waals surface area contributed by atoms with Gasteiger partial charge in [0.25, 0.3) is 12.3 Å². The van der Waals surface area contributed by atoms with E-state index in [9.17, 15) is 13.6 Å². The fourth-order valence-corrected chi connectivity index (χ4v) is 2.03. The average molecular weight is 312 g/mol. The van der Waals surface area contributed by atoms with Crippen molar-refractivity contribution in [1.82, 2.24) is 4.98 Å². The van der Waals surface area contributed by atoms with Gasteiger partial charge in [0.1, 0.15) is 3.70 Å². The molecule has 0 fully saturated rings. The van der Waals surface area contributed by atoms with E-state index in [-0.39, 0.29) is 14.8 Å². The van der Waals surface area contributed by atoms with Crippen LogP contribution < -0.4 is 5.73 Å². The molecular weight excluding hydrogens is 305 g/mol. The van der Waals surface area contributed by atoms with Crippen LogP contribution in [0.2, 0.25) is 0 Å². The Bertz CT molecular complexity index is 382. The van der Waals surface area contributed by atoms with Crippen LogP contribution in [-0.4, -0.2) is 10.9 Å². The van der Waals surface area contributed by atoms with Gasteiger partial charge in [-0.3, -0.25) is 4.79 Å². The monoisotopic (exact) mass is 312 g/mol. The first-order chi connectivity index (χ1) is 6.43. The molecule has 0 aliphatic carbocycles. The van der Waals surface area contributed by atoms with E-state index in [4.69, 9.17) is 5.73 Å². The quantitative estimate of drug-likeness (QED) is 0.671. The molecule has 0 bridgehead atoms. The van der Waals surface area contributed by atoms with Crippen LogP contribution in [0.5, 0.6) is 0 Å². The second-order valence-electron chi connectivity index (χ2n) is 2.68. The minimum Gasteiger partial charge on any atom is -0.366 e. The predicted octanol–water partition coefficient (Wildman–Crippen LogP) is 2.03. The van der Waals surface area contributed by atoms with E-state index in [1.165, 1.54) is 6.07 Å². The number of carbonyl (C=O) groups excluding carboxylic acids is 1. The van der Waals surface area contributed by atoms with Crippen molar-refractivity contribution < 1.29 is 13.6 Å². The topological polar surface area (TPSA) is 56.0 Å². The van der Waals surface area contributed by atoms with Crippen LogP contribution in [0.1, 0.15) is 28.0 Å². The minimum atomic E-state index is -2.72. The molecule has 1 heterocycles. The highest BCUT2D eigenvalue weighted by Crippen LogP contribution is 2.25. The van der Waals surface area contributed by atoms with Crippen molar-refractivity contribution in [3.05, 3.63) is 26.6 Å². The molecule has 0 aromatic carbocycles. The van der Waals surface area contributed by atoms with E-state index in [0.29, 0.717) is 5.69 Å². The summed E-state index contributed by atoms with van der Waals surface area (Å²) in [6, 6.07) is 1.17. The molecule has 1 aromatic rings. The first-order valence-electron chi connectivity index (χ1n) is 3.68. The minimum absolute atomic E-state index is 0.189. The Morgan fingerprint density at radius 2 is 2.21 bits per heavy atom. The van der Waals surface area contributed by atoms with Gasteiger partial charge in [-0.1, -0.05) is 0 Å². The van der Waals surface area contributed by atoms with Crippen LogP contribution in [0.4, 0.5) is 8.78 Å². The molecule has 1 rings (SSSR count). The van der Waals surface area contributed by atoms with Crippen LogP contribution in [0, 0.1) is 10.6 Å². The van der Waals surface area contributed by atoms with E-state index in [2.05, 4.69) is 4.98 Å². The van der Waals surface area contributed by atoms with Crippen molar-refractivity contribution in [1.29, 1.82) is 0 Å². The predicted molar refractivity (Wildman–Crippen MR) is 55.2 cm³/mol. The van der Waals surface area contributed by atoms with E-state index in [0.717, 1.165) is 0 Å². The number of aryl methyl sites for hydroxylation is 1. The summed E-state index contributed by atoms with van der Waals surface area (Å²) in [5, 5.41) is 0. The van der Waals surface area contributed by atoms with E-state index in [1.54, 1.807) is 29.5 Å². The molecule has 3 nitrogen and oxygen atoms in total. The lowest BCUT2D eigenvalue weighted by Gasteiger charge is -2.08. The van der Waals surface area contributed by atoms with Crippen LogP contribution in [-0.2, 0) is 0 Å². The van der Waals surface area contributed by atoms with E-state index >= 15 is 0 Å². The standard InChI is InChI=1S/C8H7F2IN2O/c1-3-2-4(6(9)10)5(8(12)14)7(11)13-3/h2,6H,1H3,(H2,12,14). The molecule has 1 amide bonds. The van der Waals surface area contributed by atoms with Crippen LogP contribution >= 0.6 is 22.6 Å². The Balaban J connectivity index is 3.44. The molecule has 6 heteroatoms. The fourth-order valence-electron chi connectivity index (χ4n) is 1.08. The summed E-state index contributed by atoms with van der Waals surface area (Å²) in [5.41, 5.74) is 4.88. The Morgan fingerprint density at radius 3 is 2.64 bits per heavy atom. The molecule has 0 atom stereocenters. The lowest BCUT2D eigenvalue weighted by Crippen LogP contribution is -2.17. The van der Waals surface area contributed by atoms with Crippen molar-refractivity contribution in [3.8, 4) is 0 Å². The van der Waals surface area contributed by atoms with Gasteiger partial charge < -0.3 is 5.73 Å². The largest absolute Gasteiger partial charge is 0.366 e. The lowest BCUT2D eigenvalue weighted by molar-refractivity contribution is 0.0984. The summed E-state index contributed by atoms with van der Waals surface area (Å²) in [4.78, 5) is 14.8. The lowest BCUT2D eigenvalue weighted by atomic mass is 10.1. The highest BCUT2D eigenvalue weighted by atomic mass is 127. The Kier molecular flexibility index (Phi) is 3.35. The van der Waals surface area contributed by atoms with Gasteiger partial charge in [-0.2, -0.15) is 0 Å². The second-order valence-corrected chi connectivity index (χ2v) is 3.71. The van der Waals surface area contributed by atoms with Gasteiger partial charge in [0.05, 0.1) is 5.56 Å². The maximum Gasteiger partial charge on any atom is 0.264 e. The van der Waals surface area contributed by atoms with E-state index < -0.39 is 12.3 Å². The van der Waals surface area contributed by atoms with Crippen LogP contribution in [0.25, 0.3) is 0 Å². The third kappa shape index (κ3) is 2.17. The maximum atomic E-state index is 12.5. The summed E-state index contributed by atoms with van der Waals surface area (Å²) < 4.78 is 25.2. The molecule has 14 heavy (non-hydrogen) atoms. The second kappa shape index (κ2) is 4.16. The van der Waals surface area contributed by atoms with Crippen molar-refractivity contribution in [3.63, 3.8) is 0 Å². The van der Waals surface area contributed by atoms with Gasteiger partial charge >= 0.3 is 0 Å². The number of aromatic nitrogens is 1. The number of halogens is 3. The zero-order valence-electron chi connectivity index (χ0n) is 7.22. The number of amides is 1. The molecule has 0 saturated carbocycles. The van der Waals surface area contributed by atoms with Gasteiger partial charge in [-0.05, 0) is 35.6 Å². The first-order valence-corrected chi connectivity index (χ1v) is 4.76. The van der Waals surface area contributed by atoms with Gasteiger partial charge in [0, 0.05) is 11.3 Å². The number of primary amides is 1. The smallest absolute Gasteiger partial charge is 0.264 e. The number of alkyl halides is 2. The number of hydrogen-bond donors (Lipinski definition) is 1. The number of nitrogens with zero attached hydrogens (tertiary/aromatic N) is 1. The zero-order chi connectivity index (χ0) is 10.9. The summed E-state index contributed by atoms with van der Waals surface area (Å²) in [6.45, 7) is 1.58. The van der Waals surface area contributed by atoms with Crippen molar-refractivity contribution in [2.24, 2.45) is 5.73 Å². The van der Waals surface area contributed by atoms with Gasteiger partial charge in [-0.15, -0.1) is 0 Å².